The van der Waals surface area contributed by atoms with Gasteiger partial charge >= 0.3 is 6.09 Å². The van der Waals surface area contributed by atoms with Gasteiger partial charge in [0, 0.05) is 31.7 Å². The number of pyridine rings is 1. The average molecular weight is 437 g/mol. The standard InChI is InChI=1S/C24H28N4O4/c1-16(2)22-21-15-31-13-8-19(21)20(14-25)23(26-22)27-9-11-28(12-10-27)24(29)32-18-6-4-17(30-3)5-7-18/h4-7,16H,8-13,15H2,1-3H3. The van der Waals surface area contributed by atoms with E-state index in [0.717, 1.165) is 29.1 Å². The lowest BCUT2D eigenvalue weighted by Crippen LogP contribution is -2.50. The molecule has 0 spiro atoms. The molecule has 0 radical (unpaired) electrons. The van der Waals surface area contributed by atoms with E-state index in [0.29, 0.717) is 56.5 Å². The van der Waals surface area contributed by atoms with Crippen LogP contribution in [0.4, 0.5) is 10.6 Å². The fourth-order valence-corrected chi connectivity index (χ4v) is 4.20. The molecular formula is C24H28N4O4. The van der Waals surface area contributed by atoms with Crippen molar-refractivity contribution in [3.8, 4) is 17.6 Å². The SMILES string of the molecule is COc1ccc(OC(=O)N2CCN(c3nc(C(C)C)c4c(c3C#N)CCOC4)CC2)cc1. The van der Waals surface area contributed by atoms with Crippen LogP contribution in [0.1, 0.15) is 42.1 Å². The molecule has 0 N–H and O–H groups in total. The predicted molar refractivity (Wildman–Crippen MR) is 119 cm³/mol. The molecule has 1 fully saturated rings. The molecule has 8 nitrogen and oxygen atoms in total. The molecule has 2 aliphatic heterocycles. The smallest absolute Gasteiger partial charge is 0.415 e. The number of carbonyl (C=O) groups excluding carboxylic acids is 1. The minimum atomic E-state index is -0.381. The molecule has 0 atom stereocenters. The van der Waals surface area contributed by atoms with Crippen LogP contribution in [-0.4, -0.2) is 55.9 Å². The van der Waals surface area contributed by atoms with E-state index in [2.05, 4.69) is 24.8 Å². The van der Waals surface area contributed by atoms with Gasteiger partial charge in [0.05, 0.1) is 31.6 Å². The Morgan fingerprint density at radius 3 is 2.44 bits per heavy atom. The second-order valence-electron chi connectivity index (χ2n) is 8.24. The van der Waals surface area contributed by atoms with Crippen molar-refractivity contribution >= 4 is 11.9 Å². The van der Waals surface area contributed by atoms with Crippen LogP contribution in [0.25, 0.3) is 0 Å². The molecule has 8 heteroatoms. The third-order valence-electron chi connectivity index (χ3n) is 5.93. The average Bonchev–Trinajstić information content (AvgIpc) is 2.83. The largest absolute Gasteiger partial charge is 0.497 e. The third-order valence-corrected chi connectivity index (χ3v) is 5.93. The zero-order chi connectivity index (χ0) is 22.7. The third kappa shape index (κ3) is 4.34. The van der Waals surface area contributed by atoms with Crippen molar-refractivity contribution in [3.63, 3.8) is 0 Å². The molecule has 2 aromatic rings. The Morgan fingerprint density at radius 1 is 1.12 bits per heavy atom. The Kier molecular flexibility index (Phi) is 6.47. The van der Waals surface area contributed by atoms with Crippen molar-refractivity contribution in [1.82, 2.24) is 9.88 Å². The van der Waals surface area contributed by atoms with Crippen LogP contribution in [-0.2, 0) is 17.8 Å². The molecule has 1 aromatic carbocycles. The Morgan fingerprint density at radius 2 is 1.81 bits per heavy atom. The monoisotopic (exact) mass is 436 g/mol. The van der Waals surface area contributed by atoms with Crippen molar-refractivity contribution < 1.29 is 19.0 Å². The van der Waals surface area contributed by atoms with Crippen LogP contribution in [0.5, 0.6) is 11.5 Å². The highest BCUT2D eigenvalue weighted by Crippen LogP contribution is 2.33. The number of hydrogen-bond acceptors (Lipinski definition) is 7. The zero-order valence-corrected chi connectivity index (χ0v) is 18.8. The lowest BCUT2D eigenvalue weighted by atomic mass is 9.92. The van der Waals surface area contributed by atoms with Gasteiger partial charge in [-0.05, 0) is 42.2 Å². The van der Waals surface area contributed by atoms with Crippen LogP contribution in [0, 0.1) is 11.3 Å². The number of amides is 1. The summed E-state index contributed by atoms with van der Waals surface area (Å²) in [4.78, 5) is 21.3. The summed E-state index contributed by atoms with van der Waals surface area (Å²) >= 11 is 0. The number of carbonyl (C=O) groups is 1. The van der Waals surface area contributed by atoms with Crippen molar-refractivity contribution in [2.75, 3.05) is 44.8 Å². The van der Waals surface area contributed by atoms with Gasteiger partial charge in [-0.25, -0.2) is 9.78 Å². The molecule has 1 aromatic heterocycles. The topological polar surface area (TPSA) is 87.9 Å². The van der Waals surface area contributed by atoms with Gasteiger partial charge in [0.2, 0.25) is 0 Å². The number of nitriles is 1. The first kappa shape index (κ1) is 21.9. The normalized spacial score (nSPS) is 15.8. The maximum atomic E-state index is 12.6. The van der Waals surface area contributed by atoms with E-state index in [9.17, 15) is 10.1 Å². The summed E-state index contributed by atoms with van der Waals surface area (Å²) in [5, 5.41) is 9.93. The summed E-state index contributed by atoms with van der Waals surface area (Å²) < 4.78 is 16.3. The maximum absolute atomic E-state index is 12.6. The summed E-state index contributed by atoms with van der Waals surface area (Å²) in [6, 6.07) is 9.31. The van der Waals surface area contributed by atoms with Crippen LogP contribution >= 0.6 is 0 Å². The van der Waals surface area contributed by atoms with Gasteiger partial charge in [0.1, 0.15) is 23.4 Å². The van der Waals surface area contributed by atoms with Crippen LogP contribution < -0.4 is 14.4 Å². The van der Waals surface area contributed by atoms with Gasteiger partial charge in [-0.2, -0.15) is 5.26 Å². The van der Waals surface area contributed by atoms with E-state index in [4.69, 9.17) is 19.2 Å². The van der Waals surface area contributed by atoms with E-state index in [1.807, 2.05) is 0 Å². The Labute approximate surface area is 188 Å². The number of ether oxygens (including phenoxy) is 3. The molecule has 32 heavy (non-hydrogen) atoms. The molecule has 0 unspecified atom stereocenters. The van der Waals surface area contributed by atoms with Gasteiger partial charge < -0.3 is 24.0 Å². The number of hydrogen-bond donors (Lipinski definition) is 0. The molecule has 3 heterocycles. The van der Waals surface area contributed by atoms with Gasteiger partial charge in [-0.1, -0.05) is 13.8 Å². The minimum absolute atomic E-state index is 0.234. The fraction of sp³-hybridized carbons (Fsp3) is 0.458. The van der Waals surface area contributed by atoms with Gasteiger partial charge in [0.15, 0.2) is 0 Å². The summed E-state index contributed by atoms with van der Waals surface area (Å²) in [5.41, 5.74) is 3.76. The van der Waals surface area contributed by atoms with Crippen LogP contribution in [0.3, 0.4) is 0 Å². The molecule has 168 valence electrons. The number of anilines is 1. The first-order valence-electron chi connectivity index (χ1n) is 10.9. The molecule has 4 rings (SSSR count). The molecule has 2 aliphatic rings. The number of piperazine rings is 1. The predicted octanol–water partition coefficient (Wildman–Crippen LogP) is 3.48. The summed E-state index contributed by atoms with van der Waals surface area (Å²) in [7, 11) is 1.59. The molecule has 1 saturated heterocycles. The van der Waals surface area contributed by atoms with Crippen molar-refractivity contribution in [1.29, 1.82) is 5.26 Å². The molecule has 0 bridgehead atoms. The van der Waals surface area contributed by atoms with Gasteiger partial charge in [-0.15, -0.1) is 0 Å². The van der Waals surface area contributed by atoms with Crippen molar-refractivity contribution in [2.24, 2.45) is 0 Å². The van der Waals surface area contributed by atoms with E-state index < -0.39 is 0 Å². The summed E-state index contributed by atoms with van der Waals surface area (Å²) in [5.74, 6) is 2.14. The Hall–Kier alpha value is -3.31. The molecule has 0 aliphatic carbocycles. The van der Waals surface area contributed by atoms with Gasteiger partial charge in [-0.3, -0.25) is 0 Å². The highest BCUT2D eigenvalue weighted by atomic mass is 16.6. The Balaban J connectivity index is 1.48. The summed E-state index contributed by atoms with van der Waals surface area (Å²) in [6.07, 6.45) is 0.343. The molecular weight excluding hydrogens is 408 g/mol. The summed E-state index contributed by atoms with van der Waals surface area (Å²) in [6.45, 7) is 7.53. The van der Waals surface area contributed by atoms with Crippen molar-refractivity contribution in [3.05, 3.63) is 46.6 Å². The lowest BCUT2D eigenvalue weighted by Gasteiger charge is -2.36. The van der Waals surface area contributed by atoms with E-state index in [1.54, 1.807) is 36.3 Å². The number of nitrogens with zero attached hydrogens (tertiary/aromatic N) is 4. The molecule has 0 saturated carbocycles. The number of methoxy groups -OCH3 is 1. The van der Waals surface area contributed by atoms with E-state index in [1.165, 1.54) is 0 Å². The van der Waals surface area contributed by atoms with E-state index in [-0.39, 0.29) is 12.0 Å². The van der Waals surface area contributed by atoms with Crippen molar-refractivity contribution in [2.45, 2.75) is 32.8 Å². The quantitative estimate of drug-likeness (QED) is 0.725. The number of aromatic nitrogens is 1. The number of fused-ring (bicyclic) bond motifs is 1. The highest BCUT2D eigenvalue weighted by molar-refractivity contribution is 5.71. The zero-order valence-electron chi connectivity index (χ0n) is 18.8. The number of benzene rings is 1. The minimum Gasteiger partial charge on any atom is -0.497 e. The second kappa shape index (κ2) is 9.45. The lowest BCUT2D eigenvalue weighted by molar-refractivity contribution is 0.109. The second-order valence-corrected chi connectivity index (χ2v) is 8.24. The Bertz CT molecular complexity index is 1020. The fourth-order valence-electron chi connectivity index (χ4n) is 4.20. The maximum Gasteiger partial charge on any atom is 0.415 e. The molecule has 1 amide bonds. The number of rotatable bonds is 4. The first-order chi connectivity index (χ1) is 15.5. The van der Waals surface area contributed by atoms with Gasteiger partial charge in [0.25, 0.3) is 0 Å². The highest BCUT2D eigenvalue weighted by Gasteiger charge is 2.29. The van der Waals surface area contributed by atoms with Crippen LogP contribution in [0.15, 0.2) is 24.3 Å². The van der Waals surface area contributed by atoms with Crippen LogP contribution in [0.2, 0.25) is 0 Å². The first-order valence-corrected chi connectivity index (χ1v) is 10.9. The van der Waals surface area contributed by atoms with E-state index >= 15 is 0 Å².